The Bertz CT molecular complexity index is 510. The average molecular weight is 336 g/mol. The molecule has 0 saturated carbocycles. The van der Waals surface area contributed by atoms with Gasteiger partial charge < -0.3 is 15.0 Å². The first-order chi connectivity index (χ1) is 11.2. The highest BCUT2D eigenvalue weighted by molar-refractivity contribution is 7.99. The van der Waals surface area contributed by atoms with Crippen LogP contribution in [0.1, 0.15) is 26.2 Å². The van der Waals surface area contributed by atoms with E-state index >= 15 is 0 Å². The van der Waals surface area contributed by atoms with Gasteiger partial charge in [-0.15, -0.1) is 11.8 Å². The smallest absolute Gasteiger partial charge is 0.409 e. The van der Waals surface area contributed by atoms with E-state index in [1.165, 1.54) is 4.90 Å². The molecule has 6 heteroatoms. The predicted octanol–water partition coefficient (Wildman–Crippen LogP) is 2.91. The van der Waals surface area contributed by atoms with E-state index in [4.69, 9.17) is 4.74 Å². The molecule has 1 fully saturated rings. The van der Waals surface area contributed by atoms with E-state index in [9.17, 15) is 9.59 Å². The second-order valence-corrected chi connectivity index (χ2v) is 6.63. The van der Waals surface area contributed by atoms with Crippen molar-refractivity contribution < 1.29 is 14.3 Å². The summed E-state index contributed by atoms with van der Waals surface area (Å²) in [6.07, 6.45) is 1.88. The van der Waals surface area contributed by atoms with E-state index < -0.39 is 0 Å². The van der Waals surface area contributed by atoms with Crippen molar-refractivity contribution in [1.82, 2.24) is 10.2 Å². The van der Waals surface area contributed by atoms with E-state index in [0.29, 0.717) is 26.1 Å². The normalized spacial score (nSPS) is 17.1. The summed E-state index contributed by atoms with van der Waals surface area (Å²) >= 11 is 1.77. The first-order valence-corrected chi connectivity index (χ1v) is 9.06. The second kappa shape index (κ2) is 9.45. The zero-order valence-corrected chi connectivity index (χ0v) is 14.3. The molecule has 23 heavy (non-hydrogen) atoms. The van der Waals surface area contributed by atoms with Crippen LogP contribution < -0.4 is 5.32 Å². The lowest BCUT2D eigenvalue weighted by molar-refractivity contribution is -0.121. The number of ether oxygens (including phenoxy) is 1. The van der Waals surface area contributed by atoms with E-state index in [1.807, 2.05) is 18.2 Å². The summed E-state index contributed by atoms with van der Waals surface area (Å²) in [5.41, 5.74) is 0. The van der Waals surface area contributed by atoms with Gasteiger partial charge in [-0.3, -0.25) is 4.79 Å². The van der Waals surface area contributed by atoms with Gasteiger partial charge in [0.05, 0.1) is 6.61 Å². The van der Waals surface area contributed by atoms with Crippen LogP contribution in [0.5, 0.6) is 0 Å². The Morgan fingerprint density at radius 3 is 2.87 bits per heavy atom. The van der Waals surface area contributed by atoms with Crippen molar-refractivity contribution in [3.8, 4) is 0 Å². The molecular weight excluding hydrogens is 312 g/mol. The number of nitrogens with zero attached hydrogens (tertiary/aromatic N) is 1. The molecule has 5 nitrogen and oxygen atoms in total. The number of carbonyl (C=O) groups is 2. The molecule has 1 atom stereocenters. The van der Waals surface area contributed by atoms with Gasteiger partial charge in [0, 0.05) is 30.4 Å². The monoisotopic (exact) mass is 336 g/mol. The Morgan fingerprint density at radius 1 is 1.35 bits per heavy atom. The van der Waals surface area contributed by atoms with Crippen LogP contribution in [-0.2, 0) is 9.53 Å². The van der Waals surface area contributed by atoms with Crippen LogP contribution in [0.3, 0.4) is 0 Å². The number of carbonyl (C=O) groups excluding carboxylic acids is 2. The number of hydrogen-bond donors (Lipinski definition) is 1. The Labute approximate surface area is 141 Å². The lowest BCUT2D eigenvalue weighted by Gasteiger charge is -2.16. The topological polar surface area (TPSA) is 58.6 Å². The van der Waals surface area contributed by atoms with Crippen LogP contribution in [0.4, 0.5) is 4.79 Å². The molecule has 1 saturated heterocycles. The van der Waals surface area contributed by atoms with Crippen molar-refractivity contribution in [1.29, 1.82) is 0 Å². The Hall–Kier alpha value is -1.69. The number of thioether (sulfide) groups is 1. The first-order valence-electron chi connectivity index (χ1n) is 8.08. The Morgan fingerprint density at radius 2 is 2.13 bits per heavy atom. The van der Waals surface area contributed by atoms with Crippen molar-refractivity contribution in [3.63, 3.8) is 0 Å². The highest BCUT2D eigenvalue weighted by atomic mass is 32.2. The number of benzene rings is 1. The molecule has 1 aliphatic rings. The van der Waals surface area contributed by atoms with Crippen molar-refractivity contribution in [2.45, 2.75) is 37.1 Å². The SMILES string of the molecule is CCOC(=O)N1CCC(NC(=O)CCCSc2ccccc2)C1. The van der Waals surface area contributed by atoms with Gasteiger partial charge in [-0.25, -0.2) is 4.79 Å². The fraction of sp³-hybridized carbons (Fsp3) is 0.529. The fourth-order valence-corrected chi connectivity index (χ4v) is 3.37. The first kappa shape index (κ1) is 17.7. The highest BCUT2D eigenvalue weighted by Crippen LogP contribution is 2.18. The quantitative estimate of drug-likeness (QED) is 0.614. The van der Waals surface area contributed by atoms with Crippen LogP contribution >= 0.6 is 11.8 Å². The third-order valence-electron chi connectivity index (χ3n) is 3.64. The van der Waals surface area contributed by atoms with Crippen LogP contribution in [0.15, 0.2) is 35.2 Å². The molecule has 1 N–H and O–H groups in total. The summed E-state index contributed by atoms with van der Waals surface area (Å²) in [5, 5.41) is 3.01. The minimum absolute atomic E-state index is 0.0497. The molecule has 1 heterocycles. The van der Waals surface area contributed by atoms with Gasteiger partial charge in [-0.05, 0) is 37.7 Å². The van der Waals surface area contributed by atoms with Crippen LogP contribution in [0.25, 0.3) is 0 Å². The van der Waals surface area contributed by atoms with E-state index in [2.05, 4.69) is 17.4 Å². The molecule has 1 unspecified atom stereocenters. The standard InChI is InChI=1S/C17H24N2O3S/c1-2-22-17(21)19-11-10-14(13-19)18-16(20)9-6-12-23-15-7-4-3-5-8-15/h3-5,7-8,14H,2,6,9-13H2,1H3,(H,18,20). The third kappa shape index (κ3) is 6.14. The van der Waals surface area contributed by atoms with Gasteiger partial charge >= 0.3 is 6.09 Å². The van der Waals surface area contributed by atoms with Gasteiger partial charge in [0.15, 0.2) is 0 Å². The number of nitrogens with one attached hydrogen (secondary N) is 1. The summed E-state index contributed by atoms with van der Waals surface area (Å²) < 4.78 is 4.97. The number of rotatable bonds is 7. The zero-order valence-electron chi connectivity index (χ0n) is 13.5. The third-order valence-corrected chi connectivity index (χ3v) is 4.74. The predicted molar refractivity (Wildman–Crippen MR) is 91.5 cm³/mol. The maximum atomic E-state index is 12.0. The number of amides is 2. The lowest BCUT2D eigenvalue weighted by atomic mass is 10.2. The summed E-state index contributed by atoms with van der Waals surface area (Å²) in [7, 11) is 0. The van der Waals surface area contributed by atoms with Crippen molar-refractivity contribution in [2.75, 3.05) is 25.4 Å². The van der Waals surface area contributed by atoms with Crippen molar-refractivity contribution in [2.24, 2.45) is 0 Å². The molecular formula is C17H24N2O3S. The molecule has 0 bridgehead atoms. The highest BCUT2D eigenvalue weighted by Gasteiger charge is 2.27. The molecule has 0 radical (unpaired) electrons. The average Bonchev–Trinajstić information content (AvgIpc) is 3.01. The van der Waals surface area contributed by atoms with Gasteiger partial charge in [0.1, 0.15) is 0 Å². The van der Waals surface area contributed by atoms with E-state index in [-0.39, 0.29) is 18.0 Å². The van der Waals surface area contributed by atoms with Crippen molar-refractivity contribution >= 4 is 23.8 Å². The van der Waals surface area contributed by atoms with Gasteiger partial charge in [0.2, 0.25) is 5.91 Å². The lowest BCUT2D eigenvalue weighted by Crippen LogP contribution is -2.38. The molecule has 0 spiro atoms. The van der Waals surface area contributed by atoms with Crippen molar-refractivity contribution in [3.05, 3.63) is 30.3 Å². The zero-order chi connectivity index (χ0) is 16.5. The summed E-state index contributed by atoms with van der Waals surface area (Å²) in [6.45, 7) is 3.36. The maximum absolute atomic E-state index is 12.0. The van der Waals surface area contributed by atoms with Gasteiger partial charge in [-0.1, -0.05) is 18.2 Å². The molecule has 2 rings (SSSR count). The molecule has 0 aromatic heterocycles. The van der Waals surface area contributed by atoms with E-state index in [0.717, 1.165) is 18.6 Å². The summed E-state index contributed by atoms with van der Waals surface area (Å²) in [6, 6.07) is 10.2. The minimum atomic E-state index is -0.288. The minimum Gasteiger partial charge on any atom is -0.450 e. The van der Waals surface area contributed by atoms with Crippen LogP contribution in [0, 0.1) is 0 Å². The Kier molecular flexibility index (Phi) is 7.26. The molecule has 0 aliphatic carbocycles. The molecule has 1 aliphatic heterocycles. The Balaban J connectivity index is 1.59. The number of likely N-dealkylation sites (tertiary alicyclic amines) is 1. The fourth-order valence-electron chi connectivity index (χ4n) is 2.50. The molecule has 1 aromatic rings. The van der Waals surface area contributed by atoms with Crippen LogP contribution in [-0.4, -0.2) is 48.4 Å². The summed E-state index contributed by atoms with van der Waals surface area (Å²) in [5.74, 6) is 0.992. The maximum Gasteiger partial charge on any atom is 0.409 e. The number of hydrogen-bond acceptors (Lipinski definition) is 4. The second-order valence-electron chi connectivity index (χ2n) is 5.46. The largest absolute Gasteiger partial charge is 0.450 e. The van der Waals surface area contributed by atoms with Gasteiger partial charge in [0.25, 0.3) is 0 Å². The van der Waals surface area contributed by atoms with Crippen LogP contribution in [0.2, 0.25) is 0 Å². The molecule has 126 valence electrons. The molecule has 1 aromatic carbocycles. The molecule has 2 amide bonds. The van der Waals surface area contributed by atoms with Gasteiger partial charge in [-0.2, -0.15) is 0 Å². The summed E-state index contributed by atoms with van der Waals surface area (Å²) in [4.78, 5) is 26.5. The van der Waals surface area contributed by atoms with E-state index in [1.54, 1.807) is 23.6 Å².